The predicted molar refractivity (Wildman–Crippen MR) is 142 cm³/mol. The molecule has 40 heavy (non-hydrogen) atoms. The molecule has 2 aliphatic rings. The van der Waals surface area contributed by atoms with Crippen LogP contribution < -0.4 is 5.32 Å². The number of nitrogens with one attached hydrogen (secondary N) is 1. The summed E-state index contributed by atoms with van der Waals surface area (Å²) in [5.41, 5.74) is -3.24. The van der Waals surface area contributed by atoms with Crippen LogP contribution >= 0.6 is 23.2 Å². The molecule has 2 heterocycles. The van der Waals surface area contributed by atoms with Crippen molar-refractivity contribution in [2.45, 2.75) is 89.9 Å². The summed E-state index contributed by atoms with van der Waals surface area (Å²) in [6.07, 6.45) is 1.99. The Morgan fingerprint density at radius 1 is 1.12 bits per heavy atom. The van der Waals surface area contributed by atoms with Crippen molar-refractivity contribution in [3.05, 3.63) is 45.5 Å². The number of halogens is 5. The smallest absolute Gasteiger partial charge is 0.433 e. The topological polar surface area (TPSA) is 114 Å². The molecule has 2 aromatic rings. The van der Waals surface area contributed by atoms with Crippen molar-refractivity contribution >= 4 is 40.9 Å². The van der Waals surface area contributed by atoms with Crippen molar-refractivity contribution in [3.8, 4) is 0 Å². The number of aliphatic carboxylic acids is 1. The van der Waals surface area contributed by atoms with Crippen LogP contribution in [0.5, 0.6) is 0 Å². The SMILES string of the molecule is CCC1(C(CC(=O)c2c(Cl)cncc2Cl)NC(=O)c2cnn(C3CCC(C)(C(=O)O)CC3)c2C(F)(F)F)CCC1. The standard InChI is InChI=1S/C27H31Cl2F3N4O4/c1-3-26(7-4-8-26)20(11-19(37)21-17(28)13-33-14-18(21)29)35-23(38)16-12-34-36(22(16)27(30,31)32)15-5-9-25(2,10-6-15)24(39)40/h12-15,20H,3-11H2,1-2H3,(H,35,38)(H,39,40). The summed E-state index contributed by atoms with van der Waals surface area (Å²) < 4.78 is 43.9. The lowest BCUT2D eigenvalue weighted by Gasteiger charge is -2.47. The molecule has 1 unspecified atom stereocenters. The van der Waals surface area contributed by atoms with E-state index in [2.05, 4.69) is 15.4 Å². The highest BCUT2D eigenvalue weighted by atomic mass is 35.5. The maximum atomic E-state index is 14.3. The summed E-state index contributed by atoms with van der Waals surface area (Å²) in [6.45, 7) is 3.50. The van der Waals surface area contributed by atoms with Gasteiger partial charge in [-0.25, -0.2) is 0 Å². The molecule has 0 bridgehead atoms. The van der Waals surface area contributed by atoms with Crippen molar-refractivity contribution < 1.29 is 32.7 Å². The first-order valence-corrected chi connectivity index (χ1v) is 14.0. The second kappa shape index (κ2) is 11.3. The minimum atomic E-state index is -4.89. The number of ketones is 1. The molecule has 2 aliphatic carbocycles. The van der Waals surface area contributed by atoms with Crippen molar-refractivity contribution in [1.29, 1.82) is 0 Å². The number of alkyl halides is 3. The third kappa shape index (κ3) is 5.72. The summed E-state index contributed by atoms with van der Waals surface area (Å²) in [5, 5.41) is 16.3. The van der Waals surface area contributed by atoms with Gasteiger partial charge in [0.15, 0.2) is 11.5 Å². The number of carboxylic acids is 1. The van der Waals surface area contributed by atoms with Crippen molar-refractivity contribution in [2.24, 2.45) is 10.8 Å². The molecule has 2 saturated carbocycles. The Balaban J connectivity index is 1.62. The highest BCUT2D eigenvalue weighted by Crippen LogP contribution is 2.48. The van der Waals surface area contributed by atoms with E-state index < -0.39 is 58.0 Å². The van der Waals surface area contributed by atoms with Crippen LogP contribution in [0.3, 0.4) is 0 Å². The van der Waals surface area contributed by atoms with Gasteiger partial charge in [0.1, 0.15) is 0 Å². The van der Waals surface area contributed by atoms with E-state index in [-0.39, 0.29) is 47.7 Å². The first-order chi connectivity index (χ1) is 18.7. The molecule has 0 radical (unpaired) electrons. The number of pyridine rings is 1. The van der Waals surface area contributed by atoms with Gasteiger partial charge in [-0.05, 0) is 57.3 Å². The molecule has 4 rings (SSSR count). The molecular weight excluding hydrogens is 572 g/mol. The fraction of sp³-hybridized carbons (Fsp3) is 0.593. The minimum absolute atomic E-state index is 0.0499. The molecule has 2 fully saturated rings. The lowest BCUT2D eigenvalue weighted by atomic mass is 9.61. The second-order valence-corrected chi connectivity index (χ2v) is 12.0. The summed E-state index contributed by atoms with van der Waals surface area (Å²) in [7, 11) is 0. The Morgan fingerprint density at radius 2 is 1.73 bits per heavy atom. The molecule has 0 spiro atoms. The molecule has 1 amide bonds. The number of carbonyl (C=O) groups is 3. The van der Waals surface area contributed by atoms with Gasteiger partial charge in [0, 0.05) is 24.9 Å². The first-order valence-electron chi connectivity index (χ1n) is 13.2. The van der Waals surface area contributed by atoms with Gasteiger partial charge >= 0.3 is 12.1 Å². The Morgan fingerprint density at radius 3 is 2.20 bits per heavy atom. The van der Waals surface area contributed by atoms with Crippen LogP contribution in [0.25, 0.3) is 0 Å². The maximum absolute atomic E-state index is 14.3. The maximum Gasteiger partial charge on any atom is 0.433 e. The van der Waals surface area contributed by atoms with Crippen molar-refractivity contribution in [2.75, 3.05) is 0 Å². The zero-order valence-corrected chi connectivity index (χ0v) is 23.7. The van der Waals surface area contributed by atoms with Crippen LogP contribution in [0.2, 0.25) is 10.0 Å². The number of amides is 1. The number of hydrogen-bond donors (Lipinski definition) is 2. The van der Waals surface area contributed by atoms with Crippen LogP contribution in [0.15, 0.2) is 18.6 Å². The lowest BCUT2D eigenvalue weighted by Crippen LogP contribution is -2.52. The van der Waals surface area contributed by atoms with Crippen LogP contribution in [0.4, 0.5) is 13.2 Å². The molecule has 0 aliphatic heterocycles. The second-order valence-electron chi connectivity index (χ2n) is 11.1. The van der Waals surface area contributed by atoms with Crippen LogP contribution in [-0.4, -0.2) is 43.6 Å². The summed E-state index contributed by atoms with van der Waals surface area (Å²) >= 11 is 12.3. The number of Topliss-reactive ketones (excluding diaryl/α,β-unsaturated/α-hetero) is 1. The lowest BCUT2D eigenvalue weighted by molar-refractivity contribution is -0.152. The Labute approximate surface area is 239 Å². The predicted octanol–water partition coefficient (Wildman–Crippen LogP) is 6.76. The number of hydrogen-bond acceptors (Lipinski definition) is 5. The van der Waals surface area contributed by atoms with Gasteiger partial charge in [0.25, 0.3) is 5.91 Å². The summed E-state index contributed by atoms with van der Waals surface area (Å²) in [5.74, 6) is -2.41. The normalized spacial score (nSPS) is 23.2. The van der Waals surface area contributed by atoms with Crippen LogP contribution in [-0.2, 0) is 11.0 Å². The molecular formula is C27H31Cl2F3N4O4. The number of carboxylic acid groups (broad SMARTS) is 1. The van der Waals surface area contributed by atoms with Gasteiger partial charge in [-0.1, -0.05) is 36.5 Å². The molecule has 13 heteroatoms. The zero-order valence-electron chi connectivity index (χ0n) is 22.2. The molecule has 1 atom stereocenters. The zero-order chi connectivity index (χ0) is 29.5. The highest BCUT2D eigenvalue weighted by Gasteiger charge is 2.47. The third-order valence-corrected chi connectivity index (χ3v) is 9.42. The molecule has 8 nitrogen and oxygen atoms in total. The van der Waals surface area contributed by atoms with E-state index in [0.717, 1.165) is 17.3 Å². The summed E-state index contributed by atoms with van der Waals surface area (Å²) in [4.78, 5) is 42.1. The quantitative estimate of drug-likeness (QED) is 0.306. The Kier molecular flexibility index (Phi) is 8.57. The van der Waals surface area contributed by atoms with E-state index in [9.17, 15) is 32.7 Å². The van der Waals surface area contributed by atoms with E-state index >= 15 is 0 Å². The van der Waals surface area contributed by atoms with Crippen molar-refractivity contribution in [1.82, 2.24) is 20.1 Å². The number of rotatable bonds is 9. The molecule has 0 saturated heterocycles. The fourth-order valence-electron chi connectivity index (χ4n) is 5.99. The average Bonchev–Trinajstić information content (AvgIpc) is 3.30. The highest BCUT2D eigenvalue weighted by molar-refractivity contribution is 6.39. The Bertz CT molecular complexity index is 1280. The van der Waals surface area contributed by atoms with Gasteiger partial charge < -0.3 is 10.4 Å². The van der Waals surface area contributed by atoms with Crippen molar-refractivity contribution in [3.63, 3.8) is 0 Å². The fourth-order valence-corrected chi connectivity index (χ4v) is 6.56. The monoisotopic (exact) mass is 602 g/mol. The van der Waals surface area contributed by atoms with Gasteiger partial charge in [0.05, 0.1) is 38.8 Å². The van der Waals surface area contributed by atoms with E-state index in [1.165, 1.54) is 12.4 Å². The minimum Gasteiger partial charge on any atom is -0.481 e. The summed E-state index contributed by atoms with van der Waals surface area (Å²) in [6, 6.07) is -1.46. The van der Waals surface area contributed by atoms with E-state index in [0.29, 0.717) is 19.3 Å². The average molecular weight is 603 g/mol. The van der Waals surface area contributed by atoms with Gasteiger partial charge in [-0.3, -0.25) is 24.0 Å². The van der Waals surface area contributed by atoms with Gasteiger partial charge in [0.2, 0.25) is 0 Å². The van der Waals surface area contributed by atoms with E-state index in [4.69, 9.17) is 23.2 Å². The molecule has 2 N–H and O–H groups in total. The Hall–Kier alpha value is -2.66. The van der Waals surface area contributed by atoms with E-state index in [1.54, 1.807) is 6.92 Å². The molecule has 218 valence electrons. The molecule has 2 aromatic heterocycles. The first kappa shape index (κ1) is 30.3. The number of aromatic nitrogens is 3. The third-order valence-electron chi connectivity index (χ3n) is 8.85. The number of nitrogens with zero attached hydrogens (tertiary/aromatic N) is 3. The van der Waals surface area contributed by atoms with Crippen LogP contribution in [0.1, 0.15) is 104 Å². The van der Waals surface area contributed by atoms with E-state index in [1.807, 2.05) is 6.92 Å². The van der Waals surface area contributed by atoms with Gasteiger partial charge in [-0.2, -0.15) is 18.3 Å². The van der Waals surface area contributed by atoms with Gasteiger partial charge in [-0.15, -0.1) is 0 Å². The van der Waals surface area contributed by atoms with Crippen LogP contribution in [0, 0.1) is 10.8 Å². The largest absolute Gasteiger partial charge is 0.481 e. The molecule has 0 aromatic carbocycles. The number of carbonyl (C=O) groups excluding carboxylic acids is 2.